The maximum Gasteiger partial charge on any atom is 0.356 e. The average molecular weight is 223 g/mol. The highest BCUT2D eigenvalue weighted by atomic mass is 16.4. The van der Waals surface area contributed by atoms with Crippen LogP contribution in [0, 0.1) is 0 Å². The van der Waals surface area contributed by atoms with Crippen molar-refractivity contribution in [3.63, 3.8) is 0 Å². The Morgan fingerprint density at radius 2 is 2.19 bits per heavy atom. The van der Waals surface area contributed by atoms with Gasteiger partial charge in [-0.25, -0.2) is 4.79 Å². The lowest BCUT2D eigenvalue weighted by Crippen LogP contribution is -2.19. The van der Waals surface area contributed by atoms with Gasteiger partial charge in [-0.15, -0.1) is 0 Å². The molecular formula is C11H17N3O2. The van der Waals surface area contributed by atoms with E-state index in [1.807, 2.05) is 18.5 Å². The molecule has 16 heavy (non-hydrogen) atoms. The first-order valence-corrected chi connectivity index (χ1v) is 5.60. The molecule has 1 aliphatic rings. The largest absolute Gasteiger partial charge is 0.476 e. The average Bonchev–Trinajstić information content (AvgIpc) is 2.72. The van der Waals surface area contributed by atoms with Crippen LogP contribution in [0.2, 0.25) is 0 Å². The van der Waals surface area contributed by atoms with Gasteiger partial charge in [0.2, 0.25) is 0 Å². The van der Waals surface area contributed by atoms with Gasteiger partial charge in [0.1, 0.15) is 0 Å². The second-order valence-electron chi connectivity index (χ2n) is 4.42. The normalized spacial score (nSPS) is 15.8. The van der Waals surface area contributed by atoms with Crippen molar-refractivity contribution in [1.82, 2.24) is 14.7 Å². The Bertz CT molecular complexity index is 423. The lowest BCUT2D eigenvalue weighted by atomic mass is 10.2. The van der Waals surface area contributed by atoms with Crippen molar-refractivity contribution < 1.29 is 9.90 Å². The van der Waals surface area contributed by atoms with Gasteiger partial charge in [0.25, 0.3) is 0 Å². The number of carboxylic acid groups (broad SMARTS) is 1. The van der Waals surface area contributed by atoms with E-state index in [0.717, 1.165) is 24.3 Å². The number of fused-ring (bicyclic) bond motifs is 1. The van der Waals surface area contributed by atoms with Gasteiger partial charge in [-0.2, -0.15) is 5.10 Å². The monoisotopic (exact) mass is 223 g/mol. The summed E-state index contributed by atoms with van der Waals surface area (Å²) in [7, 11) is 0. The summed E-state index contributed by atoms with van der Waals surface area (Å²) in [5.74, 6) is -0.923. The smallest absolute Gasteiger partial charge is 0.356 e. The molecule has 0 aromatic carbocycles. The van der Waals surface area contributed by atoms with Crippen LogP contribution >= 0.6 is 0 Å². The molecule has 1 N–H and O–H groups in total. The van der Waals surface area contributed by atoms with Gasteiger partial charge in [-0.1, -0.05) is 6.92 Å². The first kappa shape index (κ1) is 11.1. The van der Waals surface area contributed by atoms with E-state index in [0.29, 0.717) is 6.54 Å². The van der Waals surface area contributed by atoms with E-state index in [2.05, 4.69) is 16.9 Å². The third-order valence-electron chi connectivity index (χ3n) is 3.01. The van der Waals surface area contributed by atoms with Gasteiger partial charge >= 0.3 is 5.97 Å². The minimum absolute atomic E-state index is 0.207. The summed E-state index contributed by atoms with van der Waals surface area (Å²) in [5, 5.41) is 13.3. The van der Waals surface area contributed by atoms with Crippen molar-refractivity contribution in [2.24, 2.45) is 0 Å². The summed E-state index contributed by atoms with van der Waals surface area (Å²) in [4.78, 5) is 13.3. The molecule has 0 atom stereocenters. The van der Waals surface area contributed by atoms with E-state index < -0.39 is 5.97 Å². The predicted octanol–water partition coefficient (Wildman–Crippen LogP) is 1.50. The van der Waals surface area contributed by atoms with Gasteiger partial charge in [0, 0.05) is 24.7 Å². The zero-order valence-corrected chi connectivity index (χ0v) is 9.90. The van der Waals surface area contributed by atoms with E-state index in [9.17, 15) is 4.79 Å². The third kappa shape index (κ3) is 1.61. The molecule has 0 radical (unpaired) electrons. The molecule has 0 saturated heterocycles. The summed E-state index contributed by atoms with van der Waals surface area (Å²) in [6.45, 7) is 8.58. The first-order valence-electron chi connectivity index (χ1n) is 5.60. The highest BCUT2D eigenvalue weighted by Gasteiger charge is 2.30. The summed E-state index contributed by atoms with van der Waals surface area (Å²) < 4.78 is 1.84. The number of hydrogen-bond donors (Lipinski definition) is 1. The number of carboxylic acids is 1. The van der Waals surface area contributed by atoms with Crippen molar-refractivity contribution in [2.45, 2.75) is 39.9 Å². The predicted molar refractivity (Wildman–Crippen MR) is 59.4 cm³/mol. The van der Waals surface area contributed by atoms with E-state index in [1.165, 1.54) is 0 Å². The molecular weight excluding hydrogens is 206 g/mol. The number of rotatable bonds is 3. The van der Waals surface area contributed by atoms with E-state index in [1.54, 1.807) is 0 Å². The van der Waals surface area contributed by atoms with E-state index in [-0.39, 0.29) is 11.7 Å². The van der Waals surface area contributed by atoms with Gasteiger partial charge in [-0.3, -0.25) is 9.58 Å². The molecule has 0 aliphatic carbocycles. The van der Waals surface area contributed by atoms with Gasteiger partial charge in [0.15, 0.2) is 5.69 Å². The Kier molecular flexibility index (Phi) is 2.71. The molecule has 0 amide bonds. The zero-order chi connectivity index (χ0) is 11.9. The van der Waals surface area contributed by atoms with Crippen molar-refractivity contribution >= 4 is 5.97 Å². The zero-order valence-electron chi connectivity index (χ0n) is 9.90. The minimum atomic E-state index is -0.923. The molecule has 5 nitrogen and oxygen atoms in total. The second kappa shape index (κ2) is 3.90. The number of nitrogens with zero attached hydrogens (tertiary/aromatic N) is 3. The van der Waals surface area contributed by atoms with Crippen molar-refractivity contribution in [3.05, 3.63) is 17.0 Å². The molecule has 1 aromatic heterocycles. The van der Waals surface area contributed by atoms with Gasteiger partial charge < -0.3 is 5.11 Å². The van der Waals surface area contributed by atoms with Crippen molar-refractivity contribution in [2.75, 3.05) is 6.54 Å². The molecule has 1 aliphatic heterocycles. The highest BCUT2D eigenvalue weighted by Crippen LogP contribution is 2.27. The molecule has 0 spiro atoms. The minimum Gasteiger partial charge on any atom is -0.476 e. The lowest BCUT2D eigenvalue weighted by Gasteiger charge is -2.14. The quantitative estimate of drug-likeness (QED) is 0.843. The van der Waals surface area contributed by atoms with Crippen molar-refractivity contribution in [3.8, 4) is 0 Å². The molecule has 2 heterocycles. The van der Waals surface area contributed by atoms with Crippen LogP contribution in [0.1, 0.15) is 48.6 Å². The van der Waals surface area contributed by atoms with Crippen LogP contribution in [0.3, 0.4) is 0 Å². The summed E-state index contributed by atoms with van der Waals surface area (Å²) >= 11 is 0. The second-order valence-corrected chi connectivity index (χ2v) is 4.42. The Hall–Kier alpha value is -1.36. The van der Waals surface area contributed by atoms with Crippen LogP contribution in [0.5, 0.6) is 0 Å². The fourth-order valence-corrected chi connectivity index (χ4v) is 2.15. The van der Waals surface area contributed by atoms with E-state index in [4.69, 9.17) is 5.11 Å². The van der Waals surface area contributed by atoms with Gasteiger partial charge in [-0.05, 0) is 20.4 Å². The molecule has 1 aromatic rings. The molecule has 0 unspecified atom stereocenters. The molecule has 0 bridgehead atoms. The first-order chi connectivity index (χ1) is 7.54. The molecule has 88 valence electrons. The Morgan fingerprint density at radius 3 is 2.69 bits per heavy atom. The summed E-state index contributed by atoms with van der Waals surface area (Å²) in [5.41, 5.74) is 2.18. The van der Waals surface area contributed by atoms with Crippen LogP contribution < -0.4 is 0 Å². The standard InChI is InChI=1S/C11H17N3O2/c1-4-13-5-8-9(6-13)14(7(2)3)12-10(8)11(15)16/h7H,4-6H2,1-3H3,(H,15,16). The molecule has 0 saturated carbocycles. The van der Waals surface area contributed by atoms with Gasteiger partial charge in [0.05, 0.1) is 5.69 Å². The number of aromatic nitrogens is 2. The molecule has 5 heteroatoms. The molecule has 0 fully saturated rings. The third-order valence-corrected chi connectivity index (χ3v) is 3.01. The Balaban J connectivity index is 2.46. The van der Waals surface area contributed by atoms with Crippen LogP contribution in [0.25, 0.3) is 0 Å². The lowest BCUT2D eigenvalue weighted by molar-refractivity contribution is 0.0687. The molecule has 2 rings (SSSR count). The fourth-order valence-electron chi connectivity index (χ4n) is 2.15. The Morgan fingerprint density at radius 1 is 1.50 bits per heavy atom. The summed E-state index contributed by atoms with van der Waals surface area (Å²) in [6.07, 6.45) is 0. The topological polar surface area (TPSA) is 58.4 Å². The fraction of sp³-hybridized carbons (Fsp3) is 0.636. The maximum absolute atomic E-state index is 11.1. The maximum atomic E-state index is 11.1. The Labute approximate surface area is 94.7 Å². The van der Waals surface area contributed by atoms with Crippen molar-refractivity contribution in [1.29, 1.82) is 0 Å². The SMILES string of the molecule is CCN1Cc2c(C(=O)O)nn(C(C)C)c2C1. The number of hydrogen-bond acceptors (Lipinski definition) is 3. The number of aromatic carboxylic acids is 1. The van der Waals surface area contributed by atoms with Crippen LogP contribution in [-0.2, 0) is 13.1 Å². The van der Waals surface area contributed by atoms with E-state index >= 15 is 0 Å². The van der Waals surface area contributed by atoms with Crippen LogP contribution in [0.15, 0.2) is 0 Å². The summed E-state index contributed by atoms with van der Waals surface area (Å²) in [6, 6.07) is 0.207. The highest BCUT2D eigenvalue weighted by molar-refractivity contribution is 5.87. The van der Waals surface area contributed by atoms with Crippen LogP contribution in [-0.4, -0.2) is 32.3 Å². The number of carbonyl (C=O) groups is 1. The van der Waals surface area contributed by atoms with Crippen LogP contribution in [0.4, 0.5) is 0 Å².